The van der Waals surface area contributed by atoms with Crippen LogP contribution in [0.2, 0.25) is 5.02 Å². The molecule has 0 bridgehead atoms. The van der Waals surface area contributed by atoms with Gasteiger partial charge in [0.1, 0.15) is 5.75 Å². The van der Waals surface area contributed by atoms with Crippen LogP contribution in [0.1, 0.15) is 38.2 Å². The molecule has 4 heteroatoms. The minimum atomic E-state index is 0.662. The van der Waals surface area contributed by atoms with Crippen LogP contribution in [0.3, 0.4) is 0 Å². The highest BCUT2D eigenvalue weighted by atomic mass is 35.5. The van der Waals surface area contributed by atoms with Crippen LogP contribution in [0, 0.1) is 0 Å². The van der Waals surface area contributed by atoms with E-state index >= 15 is 0 Å². The molecule has 1 aromatic rings. The summed E-state index contributed by atoms with van der Waals surface area (Å²) in [6.45, 7) is 5.75. The minimum Gasteiger partial charge on any atom is -0.493 e. The van der Waals surface area contributed by atoms with Gasteiger partial charge in [-0.05, 0) is 51.5 Å². The Morgan fingerprint density at radius 2 is 2.24 bits per heavy atom. The zero-order valence-corrected chi connectivity index (χ0v) is 14.0. The van der Waals surface area contributed by atoms with Crippen LogP contribution in [-0.2, 0) is 6.54 Å². The van der Waals surface area contributed by atoms with Crippen LogP contribution < -0.4 is 10.1 Å². The molecule has 2 rings (SSSR count). The van der Waals surface area contributed by atoms with Crippen molar-refractivity contribution in [2.75, 3.05) is 26.7 Å². The van der Waals surface area contributed by atoms with Gasteiger partial charge >= 0.3 is 0 Å². The molecule has 0 radical (unpaired) electrons. The van der Waals surface area contributed by atoms with Crippen molar-refractivity contribution in [1.29, 1.82) is 0 Å². The maximum Gasteiger partial charge on any atom is 0.125 e. The van der Waals surface area contributed by atoms with Gasteiger partial charge in [-0.25, -0.2) is 0 Å². The average molecular weight is 311 g/mol. The molecule has 21 heavy (non-hydrogen) atoms. The molecule has 1 aromatic carbocycles. The maximum atomic E-state index is 6.29. The summed E-state index contributed by atoms with van der Waals surface area (Å²) in [4.78, 5) is 2.46. The second kappa shape index (κ2) is 8.62. The smallest absolute Gasteiger partial charge is 0.125 e. The lowest BCUT2D eigenvalue weighted by atomic mass is 10.0. The zero-order chi connectivity index (χ0) is 15.1. The summed E-state index contributed by atoms with van der Waals surface area (Å²) in [6, 6.07) is 6.56. The Hall–Kier alpha value is -0.770. The third kappa shape index (κ3) is 4.87. The standard InChI is InChI=1S/C17H27ClN2O/c1-3-19-13-15-16(18)8-6-9-17(15)21-12-10-14-7-4-5-11-20(14)2/h6,8-9,14,19H,3-5,7,10-13H2,1-2H3. The van der Waals surface area contributed by atoms with Gasteiger partial charge in [0.2, 0.25) is 0 Å². The van der Waals surface area contributed by atoms with Crippen LogP contribution in [0.4, 0.5) is 0 Å². The van der Waals surface area contributed by atoms with E-state index in [1.165, 1.54) is 25.8 Å². The Labute approximate surface area is 133 Å². The molecule has 0 aliphatic carbocycles. The summed E-state index contributed by atoms with van der Waals surface area (Å²) >= 11 is 6.29. The first-order valence-electron chi connectivity index (χ1n) is 8.03. The van der Waals surface area contributed by atoms with E-state index in [2.05, 4.69) is 24.2 Å². The van der Waals surface area contributed by atoms with Crippen LogP contribution in [0.5, 0.6) is 5.75 Å². The van der Waals surface area contributed by atoms with Crippen LogP contribution >= 0.6 is 11.6 Å². The van der Waals surface area contributed by atoms with Gasteiger partial charge in [0.15, 0.2) is 0 Å². The molecule has 1 fully saturated rings. The van der Waals surface area contributed by atoms with Crippen molar-refractivity contribution < 1.29 is 4.74 Å². The number of hydrogen-bond acceptors (Lipinski definition) is 3. The molecule has 0 aromatic heterocycles. The van der Waals surface area contributed by atoms with Crippen molar-refractivity contribution in [2.24, 2.45) is 0 Å². The van der Waals surface area contributed by atoms with Gasteiger partial charge in [-0.2, -0.15) is 0 Å². The van der Waals surface area contributed by atoms with Gasteiger partial charge in [0.25, 0.3) is 0 Å². The maximum absolute atomic E-state index is 6.29. The van der Waals surface area contributed by atoms with Crippen molar-refractivity contribution in [3.63, 3.8) is 0 Å². The first-order valence-corrected chi connectivity index (χ1v) is 8.41. The van der Waals surface area contributed by atoms with E-state index in [1.807, 2.05) is 18.2 Å². The van der Waals surface area contributed by atoms with Crippen molar-refractivity contribution in [3.05, 3.63) is 28.8 Å². The number of piperidine rings is 1. The zero-order valence-electron chi connectivity index (χ0n) is 13.2. The van der Waals surface area contributed by atoms with Crippen LogP contribution in [0.15, 0.2) is 18.2 Å². The van der Waals surface area contributed by atoms with E-state index in [9.17, 15) is 0 Å². The third-order valence-corrected chi connectivity index (χ3v) is 4.61. The molecule has 0 amide bonds. The number of halogens is 1. The summed E-state index contributed by atoms with van der Waals surface area (Å²) < 4.78 is 6.01. The lowest BCUT2D eigenvalue weighted by Gasteiger charge is -2.32. The second-order valence-corrected chi connectivity index (χ2v) is 6.17. The minimum absolute atomic E-state index is 0.662. The van der Waals surface area contributed by atoms with E-state index in [-0.39, 0.29) is 0 Å². The van der Waals surface area contributed by atoms with Gasteiger partial charge in [0, 0.05) is 23.2 Å². The number of rotatable bonds is 7. The lowest BCUT2D eigenvalue weighted by molar-refractivity contribution is 0.153. The van der Waals surface area contributed by atoms with Gasteiger partial charge in [-0.15, -0.1) is 0 Å². The topological polar surface area (TPSA) is 24.5 Å². The summed E-state index contributed by atoms with van der Waals surface area (Å²) in [6.07, 6.45) is 5.05. The van der Waals surface area contributed by atoms with Gasteiger partial charge in [-0.3, -0.25) is 0 Å². The Morgan fingerprint density at radius 3 is 3.00 bits per heavy atom. The number of nitrogens with zero attached hydrogens (tertiary/aromatic N) is 1. The Balaban J connectivity index is 1.88. The summed E-state index contributed by atoms with van der Waals surface area (Å²) in [5, 5.41) is 4.10. The number of hydrogen-bond donors (Lipinski definition) is 1. The van der Waals surface area contributed by atoms with Crippen molar-refractivity contribution in [1.82, 2.24) is 10.2 Å². The number of benzene rings is 1. The number of ether oxygens (including phenoxy) is 1. The van der Waals surface area contributed by atoms with Crippen molar-refractivity contribution in [2.45, 2.75) is 45.2 Å². The Morgan fingerprint density at radius 1 is 1.38 bits per heavy atom. The highest BCUT2D eigenvalue weighted by Crippen LogP contribution is 2.27. The average Bonchev–Trinajstić information content (AvgIpc) is 2.48. The molecule has 0 spiro atoms. The van der Waals surface area contributed by atoms with Crippen molar-refractivity contribution >= 4 is 11.6 Å². The molecule has 3 nitrogen and oxygen atoms in total. The molecule has 1 heterocycles. The lowest BCUT2D eigenvalue weighted by Crippen LogP contribution is -2.37. The van der Waals surface area contributed by atoms with E-state index in [1.54, 1.807) is 0 Å². The third-order valence-electron chi connectivity index (χ3n) is 4.26. The fraction of sp³-hybridized carbons (Fsp3) is 0.647. The molecule has 1 N–H and O–H groups in total. The van der Waals surface area contributed by atoms with E-state index in [4.69, 9.17) is 16.3 Å². The summed E-state index contributed by atoms with van der Waals surface area (Å²) in [5.41, 5.74) is 1.07. The van der Waals surface area contributed by atoms with E-state index < -0.39 is 0 Å². The quantitative estimate of drug-likeness (QED) is 0.831. The molecule has 1 aliphatic heterocycles. The molecular weight excluding hydrogens is 284 g/mol. The highest BCUT2D eigenvalue weighted by Gasteiger charge is 2.18. The molecular formula is C17H27ClN2O. The van der Waals surface area contributed by atoms with Gasteiger partial charge in [0.05, 0.1) is 6.61 Å². The molecule has 1 unspecified atom stereocenters. The highest BCUT2D eigenvalue weighted by molar-refractivity contribution is 6.31. The molecule has 1 saturated heterocycles. The monoisotopic (exact) mass is 310 g/mol. The molecule has 0 saturated carbocycles. The first-order chi connectivity index (χ1) is 10.2. The summed E-state index contributed by atoms with van der Waals surface area (Å²) in [5.74, 6) is 0.918. The normalized spacial score (nSPS) is 19.7. The molecule has 118 valence electrons. The fourth-order valence-electron chi connectivity index (χ4n) is 2.91. The fourth-order valence-corrected chi connectivity index (χ4v) is 3.14. The SMILES string of the molecule is CCNCc1c(Cl)cccc1OCCC1CCCCN1C. The molecule has 1 aliphatic rings. The Kier molecular flexibility index (Phi) is 6.81. The Bertz CT molecular complexity index is 439. The first kappa shape index (κ1) is 16.6. The van der Waals surface area contributed by atoms with E-state index in [0.29, 0.717) is 6.04 Å². The summed E-state index contributed by atoms with van der Waals surface area (Å²) in [7, 11) is 2.22. The van der Waals surface area contributed by atoms with Gasteiger partial charge < -0.3 is 15.0 Å². The van der Waals surface area contributed by atoms with Gasteiger partial charge in [-0.1, -0.05) is 31.0 Å². The van der Waals surface area contributed by atoms with E-state index in [0.717, 1.165) is 42.5 Å². The molecule has 1 atom stereocenters. The largest absolute Gasteiger partial charge is 0.493 e. The van der Waals surface area contributed by atoms with Crippen LogP contribution in [-0.4, -0.2) is 37.7 Å². The predicted octanol–water partition coefficient (Wildman–Crippen LogP) is 3.70. The number of likely N-dealkylation sites (tertiary alicyclic amines) is 1. The predicted molar refractivity (Wildman–Crippen MR) is 89.2 cm³/mol. The van der Waals surface area contributed by atoms with Crippen molar-refractivity contribution in [3.8, 4) is 5.75 Å². The van der Waals surface area contributed by atoms with Crippen LogP contribution in [0.25, 0.3) is 0 Å². The number of nitrogens with one attached hydrogen (secondary N) is 1. The second-order valence-electron chi connectivity index (χ2n) is 5.76.